The number of fused-ring (bicyclic) bond motifs is 1. The quantitative estimate of drug-likeness (QED) is 0.797. The lowest BCUT2D eigenvalue weighted by atomic mass is 10.2. The molecular formula is C14H16N2O4S. The first-order valence-corrected chi connectivity index (χ1v) is 8.48. The van der Waals surface area contributed by atoms with Gasteiger partial charge in [0.25, 0.3) is 0 Å². The van der Waals surface area contributed by atoms with Crippen molar-refractivity contribution in [2.45, 2.75) is 24.5 Å². The van der Waals surface area contributed by atoms with Gasteiger partial charge in [-0.2, -0.15) is 0 Å². The van der Waals surface area contributed by atoms with Gasteiger partial charge in [0.1, 0.15) is 5.82 Å². The van der Waals surface area contributed by atoms with Gasteiger partial charge >= 0.3 is 5.97 Å². The van der Waals surface area contributed by atoms with Gasteiger partial charge in [-0.25, -0.2) is 18.2 Å². The Kier molecular flexibility index (Phi) is 3.44. The molecule has 0 aliphatic carbocycles. The van der Waals surface area contributed by atoms with Crippen molar-refractivity contribution < 1.29 is 17.9 Å². The van der Waals surface area contributed by atoms with Gasteiger partial charge in [0.2, 0.25) is 0 Å². The molecule has 1 unspecified atom stereocenters. The number of aromatic nitrogens is 2. The lowest BCUT2D eigenvalue weighted by molar-refractivity contribution is 0.0600. The number of carbonyl (C=O) groups is 1. The maximum Gasteiger partial charge on any atom is 0.337 e. The molecule has 6 nitrogen and oxygen atoms in total. The molecule has 1 atom stereocenters. The Morgan fingerprint density at radius 2 is 2.33 bits per heavy atom. The molecule has 1 aliphatic rings. The van der Waals surface area contributed by atoms with E-state index in [1.807, 2.05) is 4.40 Å². The molecule has 0 N–H and O–H groups in total. The summed E-state index contributed by atoms with van der Waals surface area (Å²) in [5.41, 5.74) is 1.20. The van der Waals surface area contributed by atoms with Crippen LogP contribution in [0.5, 0.6) is 0 Å². The van der Waals surface area contributed by atoms with Crippen LogP contribution >= 0.6 is 0 Å². The van der Waals surface area contributed by atoms with Crippen LogP contribution in [-0.4, -0.2) is 41.9 Å². The maximum absolute atomic E-state index is 11.9. The van der Waals surface area contributed by atoms with Crippen molar-refractivity contribution >= 4 is 21.3 Å². The second-order valence-corrected chi connectivity index (χ2v) is 7.61. The second kappa shape index (κ2) is 5.14. The van der Waals surface area contributed by atoms with Gasteiger partial charge in [-0.15, -0.1) is 0 Å². The number of rotatable bonds is 3. The van der Waals surface area contributed by atoms with E-state index in [2.05, 4.69) is 9.72 Å². The lowest BCUT2D eigenvalue weighted by Crippen LogP contribution is -2.19. The van der Waals surface area contributed by atoms with E-state index >= 15 is 0 Å². The minimum Gasteiger partial charge on any atom is -0.465 e. The molecule has 3 rings (SSSR count). The number of ether oxygens (including phenoxy) is 1. The van der Waals surface area contributed by atoms with Crippen molar-refractivity contribution in [2.24, 2.45) is 0 Å². The summed E-state index contributed by atoms with van der Waals surface area (Å²) in [6, 6.07) is 3.33. The van der Waals surface area contributed by atoms with Crippen LogP contribution in [0.2, 0.25) is 0 Å². The summed E-state index contributed by atoms with van der Waals surface area (Å²) in [4.78, 5) is 15.8. The molecule has 2 aromatic heterocycles. The zero-order valence-electron chi connectivity index (χ0n) is 11.7. The molecule has 0 aromatic carbocycles. The zero-order valence-corrected chi connectivity index (χ0v) is 12.5. The van der Waals surface area contributed by atoms with Gasteiger partial charge in [0, 0.05) is 12.6 Å². The maximum atomic E-state index is 11.9. The Morgan fingerprint density at radius 3 is 3.00 bits per heavy atom. The number of nitrogens with zero attached hydrogens (tertiary/aromatic N) is 2. The first kappa shape index (κ1) is 14.1. The molecule has 7 heteroatoms. The fraction of sp³-hybridized carbons (Fsp3) is 0.429. The van der Waals surface area contributed by atoms with Crippen molar-refractivity contribution in [2.75, 3.05) is 12.9 Å². The van der Waals surface area contributed by atoms with Crippen LogP contribution in [-0.2, 0) is 21.0 Å². The Bertz CT molecular complexity index is 794. The standard InChI is InChI=1S/C14H16N2O4S/c1-20-14(17)10-4-5-16-11(7-10)9-15-13(16)8-12-3-2-6-21(12,18)19/h4-5,7,9,12H,2-3,6,8H2,1H3. The lowest BCUT2D eigenvalue weighted by Gasteiger charge is -2.08. The second-order valence-electron chi connectivity index (χ2n) is 5.21. The molecule has 2 aromatic rings. The molecule has 0 spiro atoms. The number of carbonyl (C=O) groups excluding carboxylic acids is 1. The van der Waals surface area contributed by atoms with Gasteiger partial charge < -0.3 is 9.14 Å². The van der Waals surface area contributed by atoms with Gasteiger partial charge in [0.05, 0.1) is 35.4 Å². The summed E-state index contributed by atoms with van der Waals surface area (Å²) in [6.07, 6.45) is 5.20. The summed E-state index contributed by atoms with van der Waals surface area (Å²) >= 11 is 0. The van der Waals surface area contributed by atoms with E-state index in [9.17, 15) is 13.2 Å². The molecule has 21 heavy (non-hydrogen) atoms. The number of methoxy groups -OCH3 is 1. The van der Waals surface area contributed by atoms with E-state index in [1.54, 1.807) is 24.5 Å². The highest BCUT2D eigenvalue weighted by Crippen LogP contribution is 2.23. The number of hydrogen-bond acceptors (Lipinski definition) is 5. The van der Waals surface area contributed by atoms with Crippen molar-refractivity contribution in [1.82, 2.24) is 9.38 Å². The average molecular weight is 308 g/mol. The highest BCUT2D eigenvalue weighted by atomic mass is 32.2. The summed E-state index contributed by atoms with van der Waals surface area (Å²) in [5, 5.41) is -0.344. The monoisotopic (exact) mass is 308 g/mol. The minimum atomic E-state index is -2.98. The van der Waals surface area contributed by atoms with E-state index in [4.69, 9.17) is 0 Å². The van der Waals surface area contributed by atoms with Gasteiger partial charge in [0.15, 0.2) is 9.84 Å². The Balaban J connectivity index is 1.92. The number of hydrogen-bond donors (Lipinski definition) is 0. The fourth-order valence-corrected chi connectivity index (χ4v) is 4.57. The molecule has 3 heterocycles. The third kappa shape index (κ3) is 2.53. The van der Waals surface area contributed by atoms with Crippen LogP contribution in [0.15, 0.2) is 24.5 Å². The number of imidazole rings is 1. The van der Waals surface area contributed by atoms with Crippen LogP contribution in [0.1, 0.15) is 29.0 Å². The van der Waals surface area contributed by atoms with Crippen molar-refractivity contribution in [3.63, 3.8) is 0 Å². The number of esters is 1. The van der Waals surface area contributed by atoms with Crippen LogP contribution < -0.4 is 0 Å². The largest absolute Gasteiger partial charge is 0.465 e. The SMILES string of the molecule is COC(=O)c1ccn2c(CC3CCCS3(=O)=O)ncc2c1. The van der Waals surface area contributed by atoms with Crippen LogP contribution in [0.25, 0.3) is 5.52 Å². The predicted octanol–water partition coefficient (Wildman–Crippen LogP) is 1.24. The molecule has 0 saturated carbocycles. The molecule has 1 saturated heterocycles. The third-order valence-electron chi connectivity index (χ3n) is 3.90. The smallest absolute Gasteiger partial charge is 0.337 e. The fourth-order valence-electron chi connectivity index (χ4n) is 2.74. The van der Waals surface area contributed by atoms with E-state index in [1.165, 1.54) is 7.11 Å². The van der Waals surface area contributed by atoms with Gasteiger partial charge in [-0.1, -0.05) is 0 Å². The summed E-state index contributed by atoms with van der Waals surface area (Å²) in [5.74, 6) is 0.573. The van der Waals surface area contributed by atoms with Crippen LogP contribution in [0.3, 0.4) is 0 Å². The first-order valence-electron chi connectivity index (χ1n) is 6.77. The first-order chi connectivity index (χ1) is 10.0. The van der Waals surface area contributed by atoms with E-state index in [0.29, 0.717) is 24.2 Å². The molecule has 0 bridgehead atoms. The highest BCUT2D eigenvalue weighted by molar-refractivity contribution is 7.92. The molecule has 1 aliphatic heterocycles. The normalized spacial score (nSPS) is 20.7. The van der Waals surface area contributed by atoms with Crippen LogP contribution in [0.4, 0.5) is 0 Å². The summed E-state index contributed by atoms with van der Waals surface area (Å²) in [6.45, 7) is 0. The van der Waals surface area contributed by atoms with E-state index < -0.39 is 15.8 Å². The minimum absolute atomic E-state index is 0.271. The van der Waals surface area contributed by atoms with Crippen molar-refractivity contribution in [1.29, 1.82) is 0 Å². The Morgan fingerprint density at radius 1 is 1.52 bits per heavy atom. The van der Waals surface area contributed by atoms with E-state index in [0.717, 1.165) is 11.9 Å². The molecule has 1 fully saturated rings. The van der Waals surface area contributed by atoms with Crippen molar-refractivity contribution in [3.05, 3.63) is 35.9 Å². The summed E-state index contributed by atoms with van der Waals surface area (Å²) < 4.78 is 30.3. The number of sulfone groups is 1. The third-order valence-corrected chi connectivity index (χ3v) is 6.18. The zero-order chi connectivity index (χ0) is 15.0. The summed E-state index contributed by atoms with van der Waals surface area (Å²) in [7, 11) is -1.65. The highest BCUT2D eigenvalue weighted by Gasteiger charge is 2.32. The van der Waals surface area contributed by atoms with Crippen molar-refractivity contribution in [3.8, 4) is 0 Å². The molecule has 0 amide bonds. The Hall–Kier alpha value is -1.89. The molecular weight excluding hydrogens is 292 g/mol. The predicted molar refractivity (Wildman–Crippen MR) is 77.0 cm³/mol. The average Bonchev–Trinajstić information content (AvgIpc) is 3.02. The van der Waals surface area contributed by atoms with E-state index in [-0.39, 0.29) is 11.0 Å². The molecule has 0 radical (unpaired) electrons. The Labute approximate surface area is 122 Å². The van der Waals surface area contributed by atoms with Crippen LogP contribution in [0, 0.1) is 0 Å². The van der Waals surface area contributed by atoms with Gasteiger partial charge in [-0.3, -0.25) is 0 Å². The molecule has 112 valence electrons. The topological polar surface area (TPSA) is 77.7 Å². The van der Waals surface area contributed by atoms with Gasteiger partial charge in [-0.05, 0) is 25.0 Å². The number of pyridine rings is 1.